The molecule has 1 aromatic carbocycles. The molecular weight excluding hydrogens is 416 g/mol. The molecular formula is C27H44N2O4. The molecule has 1 amide bonds. The first-order valence-corrected chi connectivity index (χ1v) is 13.2. The maximum absolute atomic E-state index is 12.7. The third-order valence-corrected chi connectivity index (χ3v) is 7.60. The van der Waals surface area contributed by atoms with Gasteiger partial charge >= 0.3 is 0 Å². The van der Waals surface area contributed by atoms with E-state index in [1.165, 1.54) is 56.9 Å². The molecule has 5 atom stereocenters. The lowest BCUT2D eigenvalue weighted by molar-refractivity contribution is -0.123. The Kier molecular flexibility index (Phi) is 10.6. The molecule has 0 radical (unpaired) electrons. The molecule has 3 rings (SSSR count). The second kappa shape index (κ2) is 13.4. The first-order chi connectivity index (χ1) is 16.1. The second-order valence-electron chi connectivity index (χ2n) is 9.92. The van der Waals surface area contributed by atoms with E-state index >= 15 is 0 Å². The van der Waals surface area contributed by atoms with Crippen LogP contribution < -0.4 is 5.32 Å². The molecule has 33 heavy (non-hydrogen) atoms. The number of fused-ring (bicyclic) bond motifs is 1. The molecule has 0 aromatic heterocycles. The number of aliphatic hydroxyl groups is 3. The molecule has 1 saturated heterocycles. The van der Waals surface area contributed by atoms with Gasteiger partial charge in [-0.25, -0.2) is 0 Å². The Morgan fingerprint density at radius 3 is 2.18 bits per heavy atom. The number of unbranched alkanes of at least 4 members (excludes halogenated alkanes) is 9. The van der Waals surface area contributed by atoms with E-state index < -0.39 is 18.2 Å². The minimum absolute atomic E-state index is 0.0262. The topological polar surface area (TPSA) is 93.0 Å². The van der Waals surface area contributed by atoms with Gasteiger partial charge in [0.15, 0.2) is 0 Å². The maximum atomic E-state index is 12.7. The van der Waals surface area contributed by atoms with E-state index in [-0.39, 0.29) is 31.0 Å². The van der Waals surface area contributed by atoms with Crippen molar-refractivity contribution < 1.29 is 20.1 Å². The fraction of sp³-hybridized carbons (Fsp3) is 0.741. The third-order valence-electron chi connectivity index (χ3n) is 7.60. The minimum Gasteiger partial charge on any atom is -0.395 e. The Morgan fingerprint density at radius 1 is 0.939 bits per heavy atom. The summed E-state index contributed by atoms with van der Waals surface area (Å²) >= 11 is 0. The van der Waals surface area contributed by atoms with Crippen molar-refractivity contribution in [3.05, 3.63) is 35.4 Å². The van der Waals surface area contributed by atoms with Crippen LogP contribution in [0.25, 0.3) is 0 Å². The van der Waals surface area contributed by atoms with Crippen molar-refractivity contribution in [3.63, 3.8) is 0 Å². The number of likely N-dealkylation sites (tertiary alicyclic amines) is 1. The first-order valence-electron chi connectivity index (χ1n) is 13.2. The largest absolute Gasteiger partial charge is 0.395 e. The highest BCUT2D eigenvalue weighted by atomic mass is 16.3. The lowest BCUT2D eigenvalue weighted by atomic mass is 9.77. The monoisotopic (exact) mass is 460 g/mol. The fourth-order valence-corrected chi connectivity index (χ4v) is 5.48. The van der Waals surface area contributed by atoms with Gasteiger partial charge in [0.2, 0.25) is 5.91 Å². The summed E-state index contributed by atoms with van der Waals surface area (Å²) in [6, 6.07) is 7.13. The Hall–Kier alpha value is -1.47. The molecule has 1 aliphatic carbocycles. The first kappa shape index (κ1) is 26.1. The summed E-state index contributed by atoms with van der Waals surface area (Å²) in [6.07, 6.45) is 11.2. The van der Waals surface area contributed by atoms with Crippen LogP contribution in [0.1, 0.15) is 88.2 Å². The van der Waals surface area contributed by atoms with Crippen LogP contribution in [-0.2, 0) is 11.2 Å². The number of carbonyl (C=O) groups is 1. The van der Waals surface area contributed by atoms with E-state index in [1.54, 1.807) is 0 Å². The molecule has 1 aromatic rings. The van der Waals surface area contributed by atoms with E-state index in [0.717, 1.165) is 24.8 Å². The Bertz CT molecular complexity index is 728. The van der Waals surface area contributed by atoms with Crippen LogP contribution in [0.15, 0.2) is 24.3 Å². The van der Waals surface area contributed by atoms with Crippen molar-refractivity contribution in [1.82, 2.24) is 10.2 Å². The molecule has 0 bridgehead atoms. The van der Waals surface area contributed by atoms with Crippen LogP contribution in [0.3, 0.4) is 0 Å². The molecule has 4 N–H and O–H groups in total. The number of nitrogens with one attached hydrogen (secondary N) is 1. The molecule has 1 heterocycles. The van der Waals surface area contributed by atoms with Crippen molar-refractivity contribution in [3.8, 4) is 0 Å². The number of rotatable bonds is 15. The smallest absolute Gasteiger partial charge is 0.227 e. The zero-order valence-corrected chi connectivity index (χ0v) is 20.3. The third kappa shape index (κ3) is 6.78. The molecule has 6 heteroatoms. The maximum Gasteiger partial charge on any atom is 0.227 e. The van der Waals surface area contributed by atoms with Crippen LogP contribution in [0.2, 0.25) is 0 Å². The lowest BCUT2D eigenvalue weighted by Gasteiger charge is -2.32. The van der Waals surface area contributed by atoms with Gasteiger partial charge in [0, 0.05) is 6.54 Å². The van der Waals surface area contributed by atoms with Crippen LogP contribution in [-0.4, -0.2) is 70.1 Å². The average Bonchev–Trinajstić information content (AvgIpc) is 3.03. The van der Waals surface area contributed by atoms with Crippen LogP contribution in [0, 0.1) is 0 Å². The van der Waals surface area contributed by atoms with Crippen molar-refractivity contribution in [2.75, 3.05) is 19.7 Å². The average molecular weight is 461 g/mol. The van der Waals surface area contributed by atoms with Crippen LogP contribution in [0.4, 0.5) is 0 Å². The minimum atomic E-state index is -0.996. The SMILES string of the molecule is CCCCCCCCCCCCN1[C@H](CO)[C@@H](O)[C@H](O)[C@H]1CNC(=O)C1Cc2ccccc21. The van der Waals surface area contributed by atoms with Gasteiger partial charge in [-0.1, -0.05) is 89.0 Å². The van der Waals surface area contributed by atoms with Gasteiger partial charge in [-0.3, -0.25) is 9.69 Å². The fourth-order valence-electron chi connectivity index (χ4n) is 5.48. The number of aliphatic hydroxyl groups excluding tert-OH is 3. The zero-order chi connectivity index (χ0) is 23.6. The van der Waals surface area contributed by atoms with Crippen molar-refractivity contribution in [2.45, 2.75) is 108 Å². The van der Waals surface area contributed by atoms with Crippen LogP contribution >= 0.6 is 0 Å². The van der Waals surface area contributed by atoms with E-state index in [9.17, 15) is 20.1 Å². The Balaban J connectivity index is 1.41. The molecule has 186 valence electrons. The molecule has 1 fully saturated rings. The zero-order valence-electron chi connectivity index (χ0n) is 20.3. The normalized spacial score (nSPS) is 26.7. The van der Waals surface area contributed by atoms with Gasteiger partial charge < -0.3 is 20.6 Å². The van der Waals surface area contributed by atoms with Gasteiger partial charge in [-0.2, -0.15) is 0 Å². The second-order valence-corrected chi connectivity index (χ2v) is 9.92. The quantitative estimate of drug-likeness (QED) is 0.302. The Morgan fingerprint density at radius 2 is 1.55 bits per heavy atom. The Labute approximate surface area is 199 Å². The van der Waals surface area contributed by atoms with Gasteiger partial charge in [0.05, 0.1) is 36.8 Å². The lowest BCUT2D eigenvalue weighted by Crippen LogP contribution is -2.49. The number of amides is 1. The summed E-state index contributed by atoms with van der Waals surface area (Å²) in [6.45, 7) is 3.04. The summed E-state index contributed by atoms with van der Waals surface area (Å²) in [5.74, 6) is -0.157. The van der Waals surface area contributed by atoms with E-state index in [0.29, 0.717) is 6.54 Å². The van der Waals surface area contributed by atoms with Crippen LogP contribution in [0.5, 0.6) is 0 Å². The standard InChI is InChI=1S/C27H44N2O4/c1-2-3-4-5-6-7-8-9-10-13-16-29-23(25(31)26(32)24(29)19-30)18-28-27(33)22-17-20-14-11-12-15-21(20)22/h11-12,14-15,22-26,30-32H,2-10,13,16-19H2,1H3,(H,28,33)/t22?,23-,24-,25-,26-/m1/s1. The summed E-state index contributed by atoms with van der Waals surface area (Å²) in [5, 5.41) is 33.9. The van der Waals surface area contributed by atoms with Gasteiger partial charge in [0.25, 0.3) is 0 Å². The van der Waals surface area contributed by atoms with Gasteiger partial charge in [-0.15, -0.1) is 0 Å². The highest BCUT2D eigenvalue weighted by Crippen LogP contribution is 2.35. The van der Waals surface area contributed by atoms with Gasteiger partial charge in [-0.05, 0) is 30.5 Å². The number of hydrogen-bond donors (Lipinski definition) is 4. The summed E-state index contributed by atoms with van der Waals surface area (Å²) in [4.78, 5) is 14.7. The number of carbonyl (C=O) groups excluding carboxylic acids is 1. The molecule has 1 unspecified atom stereocenters. The van der Waals surface area contributed by atoms with E-state index in [4.69, 9.17) is 0 Å². The van der Waals surface area contributed by atoms with E-state index in [2.05, 4.69) is 18.3 Å². The molecule has 6 nitrogen and oxygen atoms in total. The summed E-state index contributed by atoms with van der Waals surface area (Å²) in [5.41, 5.74) is 2.30. The van der Waals surface area contributed by atoms with Gasteiger partial charge in [0.1, 0.15) is 0 Å². The molecule has 1 aliphatic heterocycles. The summed E-state index contributed by atoms with van der Waals surface area (Å²) in [7, 11) is 0. The highest BCUT2D eigenvalue weighted by Gasteiger charge is 2.47. The van der Waals surface area contributed by atoms with Crippen molar-refractivity contribution in [2.24, 2.45) is 0 Å². The van der Waals surface area contributed by atoms with E-state index in [1.807, 2.05) is 23.1 Å². The molecule has 2 aliphatic rings. The summed E-state index contributed by atoms with van der Waals surface area (Å²) < 4.78 is 0. The predicted octanol–water partition coefficient (Wildman–Crippen LogP) is 3.13. The number of nitrogens with zero attached hydrogens (tertiary/aromatic N) is 1. The predicted molar refractivity (Wildman–Crippen MR) is 131 cm³/mol. The molecule has 0 saturated carbocycles. The van der Waals surface area contributed by atoms with Crippen molar-refractivity contribution >= 4 is 5.91 Å². The number of benzene rings is 1. The highest BCUT2D eigenvalue weighted by molar-refractivity contribution is 5.86. The van der Waals surface area contributed by atoms with Crippen molar-refractivity contribution in [1.29, 1.82) is 0 Å². The molecule has 0 spiro atoms. The number of hydrogen-bond acceptors (Lipinski definition) is 5.